The molecule has 0 aliphatic carbocycles. The number of para-hydroxylation sites is 2. The fourth-order valence-electron chi connectivity index (χ4n) is 3.43. The number of hydrogen-bond acceptors (Lipinski definition) is 3. The van der Waals surface area contributed by atoms with Crippen LogP contribution in [0.1, 0.15) is 6.42 Å². The number of halogens is 1. The summed E-state index contributed by atoms with van der Waals surface area (Å²) >= 11 is 0. The Bertz CT molecular complexity index is 855. The summed E-state index contributed by atoms with van der Waals surface area (Å²) in [6.07, 6.45) is 0.187. The molecule has 2 bridgehead atoms. The van der Waals surface area contributed by atoms with Gasteiger partial charge in [0, 0.05) is 19.2 Å². The van der Waals surface area contributed by atoms with Crippen LogP contribution in [0.3, 0.4) is 0 Å². The molecule has 0 radical (unpaired) electrons. The first-order valence-electron chi connectivity index (χ1n) is 8.39. The molecule has 26 heavy (non-hydrogen) atoms. The fourth-order valence-corrected chi connectivity index (χ4v) is 3.43. The van der Waals surface area contributed by atoms with Gasteiger partial charge >= 0.3 is 6.03 Å². The maximum absolute atomic E-state index is 13.0. The molecule has 2 aromatic carbocycles. The minimum absolute atomic E-state index is 0.155. The zero-order valence-corrected chi connectivity index (χ0v) is 14.2. The molecular weight excluding hydrogens is 337 g/mol. The molecule has 0 saturated carbocycles. The highest BCUT2D eigenvalue weighted by atomic mass is 19.1. The number of anilines is 2. The topological polar surface area (TPSA) is 61.9 Å². The second-order valence-electron chi connectivity index (χ2n) is 6.45. The Balaban J connectivity index is 1.58. The normalized spacial score (nSPS) is 21.5. The van der Waals surface area contributed by atoms with Crippen molar-refractivity contribution in [3.63, 3.8) is 0 Å². The summed E-state index contributed by atoms with van der Waals surface area (Å²) in [7, 11) is 1.68. The molecule has 0 aromatic heterocycles. The number of ether oxygens (including phenoxy) is 1. The van der Waals surface area contributed by atoms with Crippen LogP contribution in [0.15, 0.2) is 48.5 Å². The van der Waals surface area contributed by atoms with Gasteiger partial charge in [0.25, 0.3) is 0 Å². The first-order valence-corrected chi connectivity index (χ1v) is 8.39. The first-order chi connectivity index (χ1) is 12.5. The highest BCUT2D eigenvalue weighted by Crippen LogP contribution is 2.35. The number of hydrogen-bond donors (Lipinski definition) is 1. The third-order valence-electron chi connectivity index (χ3n) is 4.75. The molecule has 7 heteroatoms. The van der Waals surface area contributed by atoms with Crippen LogP contribution in [0.2, 0.25) is 0 Å². The SMILES string of the molecule is CN1C(=O)[C@@H]2C[C@@H](CN2C(=O)Nc2ccc(F)cc2)Oc2ccccc21. The van der Waals surface area contributed by atoms with Crippen molar-refractivity contribution in [3.8, 4) is 5.75 Å². The standard InChI is InChI=1S/C19H18FN3O3/c1-22-15-4-2-3-5-17(15)26-14-10-16(18(22)24)23(11-14)19(25)21-13-8-6-12(20)7-9-13/h2-9,14,16H,10-11H2,1H3,(H,21,25)/t14-,16-/m0/s1. The highest BCUT2D eigenvalue weighted by Gasteiger charge is 2.44. The summed E-state index contributed by atoms with van der Waals surface area (Å²) in [6, 6.07) is 11.8. The van der Waals surface area contributed by atoms with Crippen LogP contribution in [-0.2, 0) is 4.79 Å². The van der Waals surface area contributed by atoms with E-state index >= 15 is 0 Å². The summed E-state index contributed by atoms with van der Waals surface area (Å²) in [5.41, 5.74) is 1.16. The maximum Gasteiger partial charge on any atom is 0.322 e. The Hall–Kier alpha value is -3.09. The molecule has 0 unspecified atom stereocenters. The van der Waals surface area contributed by atoms with Crippen molar-refractivity contribution >= 4 is 23.3 Å². The number of likely N-dealkylation sites (tertiary alicyclic amines) is 1. The number of fused-ring (bicyclic) bond motifs is 3. The fraction of sp³-hybridized carbons (Fsp3) is 0.263. The van der Waals surface area contributed by atoms with Crippen LogP contribution in [0.25, 0.3) is 0 Å². The van der Waals surface area contributed by atoms with Crippen molar-refractivity contribution in [2.45, 2.75) is 18.6 Å². The van der Waals surface area contributed by atoms with E-state index in [1.165, 1.54) is 34.1 Å². The predicted octanol–water partition coefficient (Wildman–Crippen LogP) is 2.86. The van der Waals surface area contributed by atoms with Gasteiger partial charge in [-0.3, -0.25) is 4.79 Å². The number of urea groups is 1. The third-order valence-corrected chi connectivity index (χ3v) is 4.75. The minimum Gasteiger partial charge on any atom is -0.486 e. The summed E-state index contributed by atoms with van der Waals surface area (Å²) in [5, 5.41) is 2.72. The number of rotatable bonds is 1. The Morgan fingerprint density at radius 3 is 2.69 bits per heavy atom. The number of carbonyl (C=O) groups is 2. The van der Waals surface area contributed by atoms with Crippen LogP contribution in [0.5, 0.6) is 5.75 Å². The number of likely N-dealkylation sites (N-methyl/N-ethyl adjacent to an activating group) is 1. The van der Waals surface area contributed by atoms with E-state index in [9.17, 15) is 14.0 Å². The van der Waals surface area contributed by atoms with E-state index in [4.69, 9.17) is 4.74 Å². The molecule has 1 N–H and O–H groups in total. The van der Waals surface area contributed by atoms with Crippen molar-refractivity contribution in [1.82, 2.24) is 4.90 Å². The van der Waals surface area contributed by atoms with E-state index in [1.54, 1.807) is 7.05 Å². The van der Waals surface area contributed by atoms with E-state index in [1.807, 2.05) is 24.3 Å². The second-order valence-corrected chi connectivity index (χ2v) is 6.45. The summed E-state index contributed by atoms with van der Waals surface area (Å²) in [5.74, 6) is 0.0982. The van der Waals surface area contributed by atoms with Gasteiger partial charge in [0.2, 0.25) is 5.91 Å². The van der Waals surface area contributed by atoms with E-state index in [-0.39, 0.29) is 17.8 Å². The van der Waals surface area contributed by atoms with E-state index in [2.05, 4.69) is 5.32 Å². The quantitative estimate of drug-likeness (QED) is 0.856. The Morgan fingerprint density at radius 2 is 1.92 bits per heavy atom. The Kier molecular flexibility index (Phi) is 3.99. The van der Waals surface area contributed by atoms with Crippen LogP contribution >= 0.6 is 0 Å². The van der Waals surface area contributed by atoms with Crippen LogP contribution in [-0.4, -0.2) is 42.6 Å². The molecule has 6 nitrogen and oxygen atoms in total. The van der Waals surface area contributed by atoms with E-state index in [0.29, 0.717) is 30.1 Å². The van der Waals surface area contributed by atoms with Gasteiger partial charge in [-0.1, -0.05) is 12.1 Å². The molecule has 1 saturated heterocycles. The summed E-state index contributed by atoms with van der Waals surface area (Å²) in [4.78, 5) is 28.6. The highest BCUT2D eigenvalue weighted by molar-refractivity contribution is 6.02. The number of nitrogens with one attached hydrogen (secondary N) is 1. The van der Waals surface area contributed by atoms with Crippen LogP contribution in [0, 0.1) is 5.82 Å². The van der Waals surface area contributed by atoms with Crippen molar-refractivity contribution in [2.75, 3.05) is 23.8 Å². The lowest BCUT2D eigenvalue weighted by molar-refractivity contribution is -0.121. The molecule has 134 valence electrons. The van der Waals surface area contributed by atoms with Crippen molar-refractivity contribution < 1.29 is 18.7 Å². The van der Waals surface area contributed by atoms with Gasteiger partial charge in [-0.25, -0.2) is 9.18 Å². The minimum atomic E-state index is -0.598. The number of nitrogens with zero attached hydrogens (tertiary/aromatic N) is 2. The van der Waals surface area contributed by atoms with Gasteiger partial charge in [0.05, 0.1) is 12.2 Å². The third kappa shape index (κ3) is 2.85. The van der Waals surface area contributed by atoms with E-state index < -0.39 is 12.1 Å². The van der Waals surface area contributed by atoms with Gasteiger partial charge in [-0.15, -0.1) is 0 Å². The molecule has 2 atom stereocenters. The molecule has 1 fully saturated rings. The molecule has 0 spiro atoms. The van der Waals surface area contributed by atoms with E-state index in [0.717, 1.165) is 0 Å². The smallest absolute Gasteiger partial charge is 0.322 e. The molecule has 2 aliphatic rings. The second kappa shape index (κ2) is 6.33. The van der Waals surface area contributed by atoms with Gasteiger partial charge in [0.1, 0.15) is 23.7 Å². The monoisotopic (exact) mass is 355 g/mol. The molecule has 3 amide bonds. The zero-order valence-electron chi connectivity index (χ0n) is 14.2. The molecule has 2 aromatic rings. The van der Waals surface area contributed by atoms with Gasteiger partial charge in [-0.2, -0.15) is 0 Å². The van der Waals surface area contributed by atoms with Crippen LogP contribution < -0.4 is 15.0 Å². The predicted molar refractivity (Wildman–Crippen MR) is 94.8 cm³/mol. The number of benzene rings is 2. The first kappa shape index (κ1) is 16.4. The van der Waals surface area contributed by atoms with Gasteiger partial charge in [-0.05, 0) is 36.4 Å². The van der Waals surface area contributed by atoms with Crippen molar-refractivity contribution in [2.24, 2.45) is 0 Å². The lowest BCUT2D eigenvalue weighted by Crippen LogP contribution is -2.48. The molecular formula is C19H18FN3O3. The lowest BCUT2D eigenvalue weighted by Gasteiger charge is -2.29. The van der Waals surface area contributed by atoms with Gasteiger partial charge < -0.3 is 19.9 Å². The van der Waals surface area contributed by atoms with Crippen LogP contribution in [0.4, 0.5) is 20.6 Å². The lowest BCUT2D eigenvalue weighted by atomic mass is 10.1. The number of amides is 3. The van der Waals surface area contributed by atoms with Crippen molar-refractivity contribution in [1.29, 1.82) is 0 Å². The number of carbonyl (C=O) groups excluding carboxylic acids is 2. The Labute approximate surface area is 150 Å². The molecule has 2 heterocycles. The molecule has 4 rings (SSSR count). The maximum atomic E-state index is 13.0. The average Bonchev–Trinajstić information content (AvgIpc) is 3.07. The summed E-state index contributed by atoms with van der Waals surface area (Å²) in [6.45, 7) is 0.311. The Morgan fingerprint density at radius 1 is 1.19 bits per heavy atom. The van der Waals surface area contributed by atoms with Gasteiger partial charge in [0.15, 0.2) is 0 Å². The summed E-state index contributed by atoms with van der Waals surface area (Å²) < 4.78 is 19.1. The van der Waals surface area contributed by atoms with Crippen molar-refractivity contribution in [3.05, 3.63) is 54.3 Å². The molecule has 2 aliphatic heterocycles. The zero-order chi connectivity index (χ0) is 18.3. The average molecular weight is 355 g/mol. The largest absolute Gasteiger partial charge is 0.486 e.